The van der Waals surface area contributed by atoms with E-state index in [1.54, 1.807) is 13.4 Å². The van der Waals surface area contributed by atoms with E-state index in [4.69, 9.17) is 9.15 Å². The van der Waals surface area contributed by atoms with Crippen molar-refractivity contribution in [2.45, 2.75) is 13.0 Å². The molecule has 0 amide bonds. The fraction of sp³-hybridized carbons (Fsp3) is 0.467. The highest BCUT2D eigenvalue weighted by Gasteiger charge is 2.22. The highest BCUT2D eigenvalue weighted by Crippen LogP contribution is 2.19. The molecule has 20 heavy (non-hydrogen) atoms. The third kappa shape index (κ3) is 3.05. The first-order chi connectivity index (χ1) is 9.85. The summed E-state index contributed by atoms with van der Waals surface area (Å²) in [6, 6.07) is 3.71. The molecule has 5 nitrogen and oxygen atoms in total. The Hall–Kier alpha value is -1.72. The molecule has 0 saturated carbocycles. The average Bonchev–Trinajstić information content (AvgIpc) is 3.12. The van der Waals surface area contributed by atoms with E-state index in [0.29, 0.717) is 17.5 Å². The second kappa shape index (κ2) is 6.15. The lowest BCUT2D eigenvalue weighted by atomic mass is 10.1. The number of ether oxygens (including phenoxy) is 1. The zero-order chi connectivity index (χ0) is 13.8. The zero-order valence-electron chi connectivity index (χ0n) is 11.7. The van der Waals surface area contributed by atoms with Crippen LogP contribution in [0.3, 0.4) is 0 Å². The van der Waals surface area contributed by atoms with Crippen molar-refractivity contribution < 1.29 is 9.15 Å². The van der Waals surface area contributed by atoms with Gasteiger partial charge >= 0.3 is 0 Å². The van der Waals surface area contributed by atoms with Gasteiger partial charge in [0.25, 0.3) is 0 Å². The molecule has 106 valence electrons. The topological polar surface area (TPSA) is 51.4 Å². The van der Waals surface area contributed by atoms with Crippen LogP contribution in [-0.2, 0) is 11.3 Å². The van der Waals surface area contributed by atoms with Crippen molar-refractivity contribution in [3.8, 4) is 11.6 Å². The minimum atomic E-state index is 0.637. The first-order valence-electron chi connectivity index (χ1n) is 6.91. The lowest BCUT2D eigenvalue weighted by Crippen LogP contribution is -2.21. The van der Waals surface area contributed by atoms with Gasteiger partial charge in [-0.05, 0) is 31.0 Å². The first kappa shape index (κ1) is 13.3. The molecule has 0 aliphatic carbocycles. The summed E-state index contributed by atoms with van der Waals surface area (Å²) in [6.07, 6.45) is 6.61. The van der Waals surface area contributed by atoms with Gasteiger partial charge in [0, 0.05) is 38.2 Å². The van der Waals surface area contributed by atoms with Crippen molar-refractivity contribution in [1.82, 2.24) is 14.9 Å². The van der Waals surface area contributed by atoms with Crippen LogP contribution in [0.1, 0.15) is 12.0 Å². The smallest absolute Gasteiger partial charge is 0.195 e. The van der Waals surface area contributed by atoms with Gasteiger partial charge in [0.1, 0.15) is 0 Å². The van der Waals surface area contributed by atoms with Crippen LogP contribution in [0.15, 0.2) is 35.2 Å². The Kier molecular flexibility index (Phi) is 4.08. The van der Waals surface area contributed by atoms with Crippen LogP contribution in [0.5, 0.6) is 0 Å². The van der Waals surface area contributed by atoms with Gasteiger partial charge < -0.3 is 9.15 Å². The molecule has 5 heteroatoms. The normalized spacial score (nSPS) is 19.6. The van der Waals surface area contributed by atoms with Gasteiger partial charge in [-0.1, -0.05) is 0 Å². The predicted octanol–water partition coefficient (Wildman–Crippen LogP) is 2.20. The van der Waals surface area contributed by atoms with Gasteiger partial charge in [0.2, 0.25) is 0 Å². The summed E-state index contributed by atoms with van der Waals surface area (Å²) >= 11 is 0. The maximum absolute atomic E-state index is 5.28. The van der Waals surface area contributed by atoms with Crippen molar-refractivity contribution in [1.29, 1.82) is 0 Å². The maximum atomic E-state index is 5.28. The Labute approximate surface area is 118 Å². The Morgan fingerprint density at radius 1 is 1.40 bits per heavy atom. The highest BCUT2D eigenvalue weighted by atomic mass is 16.5. The van der Waals surface area contributed by atoms with Crippen LogP contribution in [0.2, 0.25) is 0 Å². The molecule has 0 spiro atoms. The first-order valence-corrected chi connectivity index (χ1v) is 6.91. The Bertz CT molecular complexity index is 525. The van der Waals surface area contributed by atoms with E-state index in [1.807, 2.05) is 24.5 Å². The van der Waals surface area contributed by atoms with Crippen LogP contribution in [-0.4, -0.2) is 41.7 Å². The van der Waals surface area contributed by atoms with Crippen LogP contribution >= 0.6 is 0 Å². The van der Waals surface area contributed by atoms with Gasteiger partial charge in [0.05, 0.1) is 12.9 Å². The van der Waals surface area contributed by atoms with Gasteiger partial charge in [-0.25, -0.2) is 9.97 Å². The van der Waals surface area contributed by atoms with Crippen molar-refractivity contribution in [2.24, 2.45) is 5.92 Å². The number of rotatable bonds is 5. The quantitative estimate of drug-likeness (QED) is 0.836. The molecule has 1 aliphatic rings. The summed E-state index contributed by atoms with van der Waals surface area (Å²) in [4.78, 5) is 11.2. The SMILES string of the molecule is COCC1CCN(Cc2cnc(-c3ccco3)nc2)C1. The average molecular weight is 273 g/mol. The molecule has 2 aromatic rings. The maximum Gasteiger partial charge on any atom is 0.195 e. The number of likely N-dealkylation sites (tertiary alicyclic amines) is 1. The number of hydrogen-bond donors (Lipinski definition) is 0. The monoisotopic (exact) mass is 273 g/mol. The second-order valence-corrected chi connectivity index (χ2v) is 5.24. The highest BCUT2D eigenvalue weighted by molar-refractivity contribution is 5.45. The van der Waals surface area contributed by atoms with Gasteiger partial charge in [-0.15, -0.1) is 0 Å². The molecule has 3 heterocycles. The van der Waals surface area contributed by atoms with E-state index >= 15 is 0 Å². The van der Waals surface area contributed by atoms with E-state index in [0.717, 1.165) is 31.8 Å². The Morgan fingerprint density at radius 3 is 2.95 bits per heavy atom. The van der Waals surface area contributed by atoms with Crippen molar-refractivity contribution in [2.75, 3.05) is 26.8 Å². The molecule has 1 saturated heterocycles. The summed E-state index contributed by atoms with van der Waals surface area (Å²) in [5.41, 5.74) is 1.14. The molecule has 1 aliphatic heterocycles. The summed E-state index contributed by atoms with van der Waals surface area (Å²) in [5, 5.41) is 0. The van der Waals surface area contributed by atoms with Crippen LogP contribution in [0.25, 0.3) is 11.6 Å². The van der Waals surface area contributed by atoms with E-state index in [9.17, 15) is 0 Å². The summed E-state index contributed by atoms with van der Waals surface area (Å²) in [7, 11) is 1.77. The Morgan fingerprint density at radius 2 is 2.25 bits per heavy atom. The molecular weight excluding hydrogens is 254 g/mol. The third-order valence-electron chi connectivity index (χ3n) is 3.63. The standard InChI is InChI=1S/C15H19N3O2/c1-19-11-12-4-5-18(9-12)10-13-7-16-15(17-8-13)14-3-2-6-20-14/h2-3,6-8,12H,4-5,9-11H2,1H3. The Balaban J connectivity index is 1.59. The van der Waals surface area contributed by atoms with Gasteiger partial charge in [-0.3, -0.25) is 4.90 Å². The van der Waals surface area contributed by atoms with Gasteiger partial charge in [0.15, 0.2) is 11.6 Å². The summed E-state index contributed by atoms with van der Waals surface area (Å²) < 4.78 is 10.5. The lowest BCUT2D eigenvalue weighted by molar-refractivity contribution is 0.152. The van der Waals surface area contributed by atoms with Crippen molar-refractivity contribution in [3.63, 3.8) is 0 Å². The molecular formula is C15H19N3O2. The summed E-state index contributed by atoms with van der Waals surface area (Å²) in [6.45, 7) is 3.96. The minimum Gasteiger partial charge on any atom is -0.461 e. The van der Waals surface area contributed by atoms with Crippen molar-refractivity contribution >= 4 is 0 Å². The molecule has 0 aromatic carbocycles. The largest absolute Gasteiger partial charge is 0.461 e. The zero-order valence-corrected chi connectivity index (χ0v) is 11.7. The second-order valence-electron chi connectivity index (χ2n) is 5.24. The number of aromatic nitrogens is 2. The van der Waals surface area contributed by atoms with E-state index in [-0.39, 0.29) is 0 Å². The van der Waals surface area contributed by atoms with Crippen LogP contribution in [0.4, 0.5) is 0 Å². The van der Waals surface area contributed by atoms with E-state index in [1.165, 1.54) is 6.42 Å². The van der Waals surface area contributed by atoms with Crippen LogP contribution in [0, 0.1) is 5.92 Å². The molecule has 1 fully saturated rings. The van der Waals surface area contributed by atoms with E-state index < -0.39 is 0 Å². The molecule has 0 radical (unpaired) electrons. The number of hydrogen-bond acceptors (Lipinski definition) is 5. The minimum absolute atomic E-state index is 0.637. The molecule has 0 bridgehead atoms. The number of furan rings is 1. The number of nitrogens with zero attached hydrogens (tertiary/aromatic N) is 3. The van der Waals surface area contributed by atoms with E-state index in [2.05, 4.69) is 14.9 Å². The molecule has 0 N–H and O–H groups in total. The predicted molar refractivity (Wildman–Crippen MR) is 75.0 cm³/mol. The summed E-state index contributed by atoms with van der Waals surface area (Å²) in [5.74, 6) is 2.00. The fourth-order valence-electron chi connectivity index (χ4n) is 2.66. The molecule has 1 unspecified atom stereocenters. The fourth-order valence-corrected chi connectivity index (χ4v) is 2.66. The molecule has 2 aromatic heterocycles. The molecule has 3 rings (SSSR count). The molecule has 1 atom stereocenters. The van der Waals surface area contributed by atoms with Crippen molar-refractivity contribution in [3.05, 3.63) is 36.4 Å². The third-order valence-corrected chi connectivity index (χ3v) is 3.63. The lowest BCUT2D eigenvalue weighted by Gasteiger charge is -2.15. The van der Waals surface area contributed by atoms with Gasteiger partial charge in [-0.2, -0.15) is 0 Å². The number of methoxy groups -OCH3 is 1. The van der Waals surface area contributed by atoms with Crippen LogP contribution < -0.4 is 0 Å².